The molecule has 0 radical (unpaired) electrons. The van der Waals surface area contributed by atoms with Crippen LogP contribution in [-0.2, 0) is 28.2 Å². The van der Waals surface area contributed by atoms with E-state index in [1.54, 1.807) is 0 Å². The summed E-state index contributed by atoms with van der Waals surface area (Å²) in [6.45, 7) is 3.21. The van der Waals surface area contributed by atoms with Gasteiger partial charge in [-0.1, -0.05) is 46.0 Å². The standard InChI is InChI=1S/C16H31O8P/c1-3-5-7-8-9-11-16(18)24-14(13-23-25(19,20)21)12-22-15(17)10-6-4-2/h14H,3-13H2,1-2H3,(H2,19,20,21)/t14-/m1/s1. The second kappa shape index (κ2) is 14.2. The topological polar surface area (TPSA) is 119 Å². The molecule has 0 unspecified atom stereocenters. The quantitative estimate of drug-likeness (QED) is 0.252. The van der Waals surface area contributed by atoms with Crippen molar-refractivity contribution in [1.29, 1.82) is 0 Å². The van der Waals surface area contributed by atoms with E-state index in [2.05, 4.69) is 11.4 Å². The highest BCUT2D eigenvalue weighted by Crippen LogP contribution is 2.35. The van der Waals surface area contributed by atoms with Gasteiger partial charge < -0.3 is 19.3 Å². The summed E-state index contributed by atoms with van der Waals surface area (Å²) in [5.74, 6) is -0.945. The van der Waals surface area contributed by atoms with E-state index in [1.807, 2.05) is 6.92 Å². The maximum absolute atomic E-state index is 11.8. The minimum absolute atomic E-state index is 0.208. The predicted molar refractivity (Wildman–Crippen MR) is 91.7 cm³/mol. The van der Waals surface area contributed by atoms with E-state index in [9.17, 15) is 14.2 Å². The summed E-state index contributed by atoms with van der Waals surface area (Å²) >= 11 is 0. The molecule has 8 nitrogen and oxygen atoms in total. The molecular formula is C16H31O8P. The van der Waals surface area contributed by atoms with Crippen LogP contribution in [0.5, 0.6) is 0 Å². The fourth-order valence-electron chi connectivity index (χ4n) is 1.99. The lowest BCUT2D eigenvalue weighted by Crippen LogP contribution is -2.29. The monoisotopic (exact) mass is 382 g/mol. The number of phosphoric ester groups is 1. The van der Waals surface area contributed by atoms with Crippen LogP contribution in [-0.4, -0.2) is 41.0 Å². The van der Waals surface area contributed by atoms with Gasteiger partial charge in [0.1, 0.15) is 6.61 Å². The van der Waals surface area contributed by atoms with Crippen molar-refractivity contribution in [3.05, 3.63) is 0 Å². The van der Waals surface area contributed by atoms with Crippen molar-refractivity contribution in [2.45, 2.75) is 77.7 Å². The lowest BCUT2D eigenvalue weighted by atomic mass is 10.1. The Morgan fingerprint density at radius 1 is 0.880 bits per heavy atom. The fourth-order valence-corrected chi connectivity index (χ4v) is 2.35. The summed E-state index contributed by atoms with van der Waals surface area (Å²) in [6.07, 6.45) is 5.79. The summed E-state index contributed by atoms with van der Waals surface area (Å²) in [5, 5.41) is 0. The lowest BCUT2D eigenvalue weighted by Gasteiger charge is -2.18. The number of ether oxygens (including phenoxy) is 2. The number of hydrogen-bond acceptors (Lipinski definition) is 6. The van der Waals surface area contributed by atoms with E-state index in [-0.39, 0.29) is 19.4 Å². The van der Waals surface area contributed by atoms with E-state index in [4.69, 9.17) is 19.3 Å². The van der Waals surface area contributed by atoms with Gasteiger partial charge in [-0.15, -0.1) is 0 Å². The molecule has 0 aromatic heterocycles. The molecule has 0 rings (SSSR count). The zero-order chi connectivity index (χ0) is 19.1. The number of rotatable bonds is 15. The Balaban J connectivity index is 4.29. The number of carbonyl (C=O) groups excluding carboxylic acids is 2. The molecule has 0 amide bonds. The SMILES string of the molecule is CCCCCCCC(=O)O[C@H](COC(=O)CCCC)COP(=O)(O)O. The number of hydrogen-bond donors (Lipinski definition) is 2. The number of carbonyl (C=O) groups is 2. The van der Waals surface area contributed by atoms with Gasteiger partial charge in [-0.25, -0.2) is 4.57 Å². The Labute approximate surface area is 149 Å². The number of phosphoric acid groups is 1. The van der Waals surface area contributed by atoms with Gasteiger partial charge in [0, 0.05) is 12.8 Å². The van der Waals surface area contributed by atoms with Crippen LogP contribution in [0.2, 0.25) is 0 Å². The molecule has 148 valence electrons. The molecule has 0 saturated heterocycles. The smallest absolute Gasteiger partial charge is 0.462 e. The minimum atomic E-state index is -4.69. The van der Waals surface area contributed by atoms with Gasteiger partial charge in [0.05, 0.1) is 6.61 Å². The summed E-state index contributed by atoms with van der Waals surface area (Å²) < 4.78 is 25.3. The van der Waals surface area contributed by atoms with Gasteiger partial charge in [0.15, 0.2) is 6.10 Å². The van der Waals surface area contributed by atoms with Crippen molar-refractivity contribution in [1.82, 2.24) is 0 Å². The molecule has 9 heteroatoms. The molecule has 0 aromatic rings. The van der Waals surface area contributed by atoms with Gasteiger partial charge in [-0.05, 0) is 12.8 Å². The summed E-state index contributed by atoms with van der Waals surface area (Å²) in [4.78, 5) is 40.8. The molecule has 0 bridgehead atoms. The third-order valence-electron chi connectivity index (χ3n) is 3.38. The third-order valence-corrected chi connectivity index (χ3v) is 3.86. The second-order valence-electron chi connectivity index (χ2n) is 5.85. The summed E-state index contributed by atoms with van der Waals surface area (Å²) in [7, 11) is -4.69. The van der Waals surface area contributed by atoms with Crippen molar-refractivity contribution < 1.29 is 37.9 Å². The number of esters is 2. The molecule has 0 saturated carbocycles. The molecule has 0 heterocycles. The lowest BCUT2D eigenvalue weighted by molar-refractivity contribution is -0.161. The molecule has 0 aromatic carbocycles. The Hall–Kier alpha value is -0.950. The third kappa shape index (κ3) is 16.3. The average Bonchev–Trinajstić information content (AvgIpc) is 2.54. The Bertz CT molecular complexity index is 420. The molecule has 2 N–H and O–H groups in total. The first-order valence-corrected chi connectivity index (χ1v) is 10.4. The van der Waals surface area contributed by atoms with Crippen molar-refractivity contribution in [3.63, 3.8) is 0 Å². The molecule has 0 spiro atoms. The van der Waals surface area contributed by atoms with Gasteiger partial charge in [-0.3, -0.25) is 14.1 Å². The molecule has 25 heavy (non-hydrogen) atoms. The van der Waals surface area contributed by atoms with Gasteiger partial charge in [0.2, 0.25) is 0 Å². The van der Waals surface area contributed by atoms with Crippen molar-refractivity contribution in [2.75, 3.05) is 13.2 Å². The molecule has 0 aliphatic rings. The van der Waals surface area contributed by atoms with Crippen LogP contribution in [0.4, 0.5) is 0 Å². The average molecular weight is 382 g/mol. The van der Waals surface area contributed by atoms with E-state index in [1.165, 1.54) is 0 Å². The minimum Gasteiger partial charge on any atom is -0.462 e. The van der Waals surface area contributed by atoms with Crippen molar-refractivity contribution >= 4 is 19.8 Å². The second-order valence-corrected chi connectivity index (χ2v) is 7.09. The van der Waals surface area contributed by atoms with E-state index in [0.29, 0.717) is 12.8 Å². The van der Waals surface area contributed by atoms with Gasteiger partial charge in [0.25, 0.3) is 0 Å². The van der Waals surface area contributed by atoms with E-state index in [0.717, 1.165) is 32.1 Å². The summed E-state index contributed by atoms with van der Waals surface area (Å²) in [6, 6.07) is 0. The molecular weight excluding hydrogens is 351 g/mol. The molecule has 0 aliphatic heterocycles. The zero-order valence-corrected chi connectivity index (χ0v) is 16.0. The first kappa shape index (κ1) is 24.1. The van der Waals surface area contributed by atoms with Crippen LogP contribution in [0.1, 0.15) is 71.6 Å². The first-order valence-electron chi connectivity index (χ1n) is 8.83. The van der Waals surface area contributed by atoms with Crippen molar-refractivity contribution in [3.8, 4) is 0 Å². The van der Waals surface area contributed by atoms with Crippen LogP contribution in [0.15, 0.2) is 0 Å². The van der Waals surface area contributed by atoms with Crippen molar-refractivity contribution in [2.24, 2.45) is 0 Å². The highest BCUT2D eigenvalue weighted by atomic mass is 31.2. The van der Waals surface area contributed by atoms with Gasteiger partial charge >= 0.3 is 19.8 Å². The van der Waals surface area contributed by atoms with Crippen LogP contribution in [0, 0.1) is 0 Å². The molecule has 1 atom stereocenters. The maximum Gasteiger partial charge on any atom is 0.469 e. The maximum atomic E-state index is 11.8. The normalized spacial score (nSPS) is 12.6. The highest BCUT2D eigenvalue weighted by molar-refractivity contribution is 7.46. The predicted octanol–water partition coefficient (Wildman–Crippen LogP) is 3.10. The fraction of sp³-hybridized carbons (Fsp3) is 0.875. The first-order chi connectivity index (χ1) is 11.8. The zero-order valence-electron chi connectivity index (χ0n) is 15.1. The molecule has 0 aliphatic carbocycles. The van der Waals surface area contributed by atoms with E-state index < -0.39 is 32.5 Å². The Kier molecular flexibility index (Phi) is 13.7. The van der Waals surface area contributed by atoms with Crippen LogP contribution < -0.4 is 0 Å². The Morgan fingerprint density at radius 3 is 2.08 bits per heavy atom. The summed E-state index contributed by atoms with van der Waals surface area (Å²) in [5.41, 5.74) is 0. The van der Waals surface area contributed by atoms with Crippen LogP contribution in [0.3, 0.4) is 0 Å². The number of unbranched alkanes of at least 4 members (excludes halogenated alkanes) is 5. The highest BCUT2D eigenvalue weighted by Gasteiger charge is 2.22. The largest absolute Gasteiger partial charge is 0.469 e. The van der Waals surface area contributed by atoms with Gasteiger partial charge in [-0.2, -0.15) is 0 Å². The van der Waals surface area contributed by atoms with Crippen LogP contribution >= 0.6 is 7.82 Å². The molecule has 0 fully saturated rings. The Morgan fingerprint density at radius 2 is 1.48 bits per heavy atom. The van der Waals surface area contributed by atoms with Crippen LogP contribution in [0.25, 0.3) is 0 Å². The van der Waals surface area contributed by atoms with E-state index >= 15 is 0 Å².